The lowest BCUT2D eigenvalue weighted by Gasteiger charge is -2.34. The van der Waals surface area contributed by atoms with Gasteiger partial charge in [-0.3, -0.25) is 0 Å². The molecule has 16 heavy (non-hydrogen) atoms. The summed E-state index contributed by atoms with van der Waals surface area (Å²) in [6.45, 7) is 0. The van der Waals surface area contributed by atoms with E-state index in [2.05, 4.69) is 0 Å². The van der Waals surface area contributed by atoms with Crippen molar-refractivity contribution in [2.75, 3.05) is 5.75 Å². The zero-order valence-corrected chi connectivity index (χ0v) is 9.80. The molecule has 1 rings (SSSR count). The van der Waals surface area contributed by atoms with Gasteiger partial charge >= 0.3 is 6.18 Å². The van der Waals surface area contributed by atoms with Gasteiger partial charge in [-0.25, -0.2) is 12.8 Å². The topological polar surface area (TPSA) is 34.1 Å². The summed E-state index contributed by atoms with van der Waals surface area (Å²) in [6, 6.07) is 0. The molecule has 0 radical (unpaired) electrons. The van der Waals surface area contributed by atoms with Gasteiger partial charge in [0.2, 0.25) is 14.7 Å². The summed E-state index contributed by atoms with van der Waals surface area (Å²) in [5, 5.41) is 0. The van der Waals surface area contributed by atoms with Crippen LogP contribution in [0.15, 0.2) is 0 Å². The molecular weight excluding hydrogens is 272 g/mol. The molecule has 8 heteroatoms. The molecular formula is C8H11ClF4O2S. The lowest BCUT2D eigenvalue weighted by Crippen LogP contribution is -2.44. The van der Waals surface area contributed by atoms with Crippen LogP contribution >= 0.6 is 10.7 Å². The van der Waals surface area contributed by atoms with Crippen LogP contribution in [0.25, 0.3) is 0 Å². The molecule has 0 unspecified atom stereocenters. The monoisotopic (exact) mass is 282 g/mol. The van der Waals surface area contributed by atoms with Crippen LogP contribution in [0.1, 0.15) is 25.7 Å². The number of hydrogen-bond acceptors (Lipinski definition) is 2. The van der Waals surface area contributed by atoms with Crippen LogP contribution in [0.2, 0.25) is 0 Å². The van der Waals surface area contributed by atoms with Crippen LogP contribution in [0, 0.1) is 5.92 Å². The number of halogens is 5. The van der Waals surface area contributed by atoms with Crippen LogP contribution in [-0.2, 0) is 9.05 Å². The van der Waals surface area contributed by atoms with Gasteiger partial charge in [0.25, 0.3) is 0 Å². The van der Waals surface area contributed by atoms with Gasteiger partial charge in [0.15, 0.2) is 0 Å². The molecule has 0 saturated heterocycles. The molecule has 0 bridgehead atoms. The van der Waals surface area contributed by atoms with Gasteiger partial charge in [0.05, 0.1) is 5.75 Å². The molecule has 0 aromatic carbocycles. The summed E-state index contributed by atoms with van der Waals surface area (Å²) in [5.41, 5.74) is -3.17. The standard InChI is InChI=1S/C8H11ClF4O2S/c9-16(14,15)5-6-1-3-7(10,4-2-6)8(11,12)13/h6H,1-5H2. The highest BCUT2D eigenvalue weighted by molar-refractivity contribution is 8.13. The maximum atomic E-state index is 13.4. The Morgan fingerprint density at radius 3 is 2.00 bits per heavy atom. The van der Waals surface area contributed by atoms with E-state index in [1.165, 1.54) is 0 Å². The van der Waals surface area contributed by atoms with E-state index in [0.717, 1.165) is 0 Å². The average Bonchev–Trinajstić information content (AvgIpc) is 2.05. The van der Waals surface area contributed by atoms with E-state index in [4.69, 9.17) is 10.7 Å². The van der Waals surface area contributed by atoms with Gasteiger partial charge < -0.3 is 0 Å². The van der Waals surface area contributed by atoms with Gasteiger partial charge in [-0.15, -0.1) is 0 Å². The fourth-order valence-electron chi connectivity index (χ4n) is 1.87. The summed E-state index contributed by atoms with van der Waals surface area (Å²) in [4.78, 5) is 0. The normalized spacial score (nSPS) is 32.7. The van der Waals surface area contributed by atoms with Crippen molar-refractivity contribution in [1.29, 1.82) is 0 Å². The van der Waals surface area contributed by atoms with Crippen molar-refractivity contribution in [2.24, 2.45) is 5.92 Å². The fraction of sp³-hybridized carbons (Fsp3) is 1.00. The van der Waals surface area contributed by atoms with Crippen LogP contribution in [0.5, 0.6) is 0 Å². The first kappa shape index (κ1) is 14.0. The van der Waals surface area contributed by atoms with Crippen molar-refractivity contribution in [1.82, 2.24) is 0 Å². The van der Waals surface area contributed by atoms with Gasteiger partial charge in [-0.1, -0.05) is 0 Å². The quantitative estimate of drug-likeness (QED) is 0.576. The van der Waals surface area contributed by atoms with Crippen LogP contribution in [0.3, 0.4) is 0 Å². The molecule has 2 nitrogen and oxygen atoms in total. The second-order valence-electron chi connectivity index (χ2n) is 4.11. The molecule has 0 aromatic heterocycles. The highest BCUT2D eigenvalue weighted by Gasteiger charge is 2.56. The predicted octanol–water partition coefficient (Wildman–Crippen LogP) is 3.02. The van der Waals surface area contributed by atoms with E-state index in [-0.39, 0.29) is 18.6 Å². The van der Waals surface area contributed by atoms with Gasteiger partial charge in [0.1, 0.15) is 0 Å². The molecule has 96 valence electrons. The largest absolute Gasteiger partial charge is 0.422 e. The second kappa shape index (κ2) is 4.33. The van der Waals surface area contributed by atoms with Crippen molar-refractivity contribution in [3.63, 3.8) is 0 Å². The first-order valence-electron chi connectivity index (χ1n) is 4.71. The minimum absolute atomic E-state index is 0.109. The van der Waals surface area contributed by atoms with Gasteiger partial charge in [-0.05, 0) is 31.6 Å². The Kier molecular flexibility index (Phi) is 3.79. The summed E-state index contributed by atoms with van der Waals surface area (Å²) >= 11 is 0. The zero-order valence-electron chi connectivity index (χ0n) is 8.23. The third kappa shape index (κ3) is 3.48. The molecule has 0 aromatic rings. The molecule has 0 heterocycles. The summed E-state index contributed by atoms with van der Waals surface area (Å²) in [6.07, 6.45) is -6.47. The number of hydrogen-bond donors (Lipinski definition) is 0. The molecule has 1 aliphatic rings. The van der Waals surface area contributed by atoms with Crippen molar-refractivity contribution in [3.8, 4) is 0 Å². The maximum Gasteiger partial charge on any atom is 0.422 e. The molecule has 1 saturated carbocycles. The van der Waals surface area contributed by atoms with Crippen molar-refractivity contribution >= 4 is 19.7 Å². The predicted molar refractivity (Wildman–Crippen MR) is 51.5 cm³/mol. The Hall–Kier alpha value is -0.0400. The highest BCUT2D eigenvalue weighted by atomic mass is 35.7. The average molecular weight is 283 g/mol. The Morgan fingerprint density at radius 1 is 1.25 bits per heavy atom. The first-order chi connectivity index (χ1) is 7.04. The lowest BCUT2D eigenvalue weighted by molar-refractivity contribution is -0.241. The van der Waals surface area contributed by atoms with E-state index >= 15 is 0 Å². The summed E-state index contributed by atoms with van der Waals surface area (Å²) in [7, 11) is 1.26. The van der Waals surface area contributed by atoms with E-state index in [9.17, 15) is 26.0 Å². The molecule has 0 amide bonds. The van der Waals surface area contributed by atoms with E-state index in [1.54, 1.807) is 0 Å². The molecule has 1 aliphatic carbocycles. The van der Waals surface area contributed by atoms with E-state index < -0.39 is 39.7 Å². The van der Waals surface area contributed by atoms with E-state index in [0.29, 0.717) is 0 Å². The third-order valence-electron chi connectivity index (χ3n) is 2.84. The van der Waals surface area contributed by atoms with Crippen LogP contribution in [0.4, 0.5) is 17.6 Å². The zero-order chi connectivity index (χ0) is 12.6. The minimum Gasteiger partial charge on any atom is -0.234 e. The van der Waals surface area contributed by atoms with Crippen LogP contribution in [-0.4, -0.2) is 26.0 Å². The number of alkyl halides is 4. The smallest absolute Gasteiger partial charge is 0.234 e. The molecule has 0 aliphatic heterocycles. The number of rotatable bonds is 2. The molecule has 0 N–H and O–H groups in total. The third-order valence-corrected chi connectivity index (χ3v) is 4.09. The molecule has 1 fully saturated rings. The lowest BCUT2D eigenvalue weighted by atomic mass is 9.80. The second-order valence-corrected chi connectivity index (χ2v) is 6.93. The fourth-order valence-corrected chi connectivity index (χ4v) is 3.30. The Labute approximate surface area is 95.4 Å². The van der Waals surface area contributed by atoms with Crippen molar-refractivity contribution in [2.45, 2.75) is 37.5 Å². The molecule has 0 spiro atoms. The van der Waals surface area contributed by atoms with Gasteiger partial charge in [-0.2, -0.15) is 13.2 Å². The Bertz CT molecular complexity index is 344. The summed E-state index contributed by atoms with van der Waals surface area (Å²) < 4.78 is 71.6. The van der Waals surface area contributed by atoms with Crippen molar-refractivity contribution in [3.05, 3.63) is 0 Å². The van der Waals surface area contributed by atoms with Crippen molar-refractivity contribution < 1.29 is 26.0 Å². The Balaban J connectivity index is 2.58. The van der Waals surface area contributed by atoms with Crippen LogP contribution < -0.4 is 0 Å². The first-order valence-corrected chi connectivity index (χ1v) is 7.19. The Morgan fingerprint density at radius 2 is 1.69 bits per heavy atom. The SMILES string of the molecule is O=S(=O)(Cl)CC1CCC(F)(C(F)(F)F)CC1. The van der Waals surface area contributed by atoms with E-state index in [1.807, 2.05) is 0 Å². The van der Waals surface area contributed by atoms with Gasteiger partial charge in [0, 0.05) is 10.7 Å². The molecule has 0 atom stereocenters. The minimum atomic E-state index is -4.88. The highest BCUT2D eigenvalue weighted by Crippen LogP contribution is 2.46. The maximum absolute atomic E-state index is 13.4. The summed E-state index contributed by atoms with van der Waals surface area (Å²) in [5.74, 6) is -0.864.